The predicted molar refractivity (Wildman–Crippen MR) is 108 cm³/mol. The fourth-order valence-electron chi connectivity index (χ4n) is 2.83. The van der Waals surface area contributed by atoms with E-state index in [0.717, 1.165) is 16.8 Å². The van der Waals surface area contributed by atoms with Crippen LogP contribution in [0, 0.1) is 10.1 Å². The van der Waals surface area contributed by atoms with Crippen molar-refractivity contribution in [2.75, 3.05) is 5.32 Å². The molecular formula is C21H14N4O3. The lowest BCUT2D eigenvalue weighted by Crippen LogP contribution is -2.13. The lowest BCUT2D eigenvalue weighted by Gasteiger charge is -2.02. The lowest BCUT2D eigenvalue weighted by atomic mass is 10.1. The van der Waals surface area contributed by atoms with Crippen molar-refractivity contribution in [3.63, 3.8) is 0 Å². The molecule has 0 aromatic heterocycles. The van der Waals surface area contributed by atoms with Gasteiger partial charge in [0.15, 0.2) is 0 Å². The Kier molecular flexibility index (Phi) is 4.47. The SMILES string of the molecule is O=C1Nc2ccccc2C1=Nc1ccccc1N=Cc1ccc([N+](=O)[O-])cc1. The van der Waals surface area contributed by atoms with Crippen molar-refractivity contribution in [2.45, 2.75) is 0 Å². The minimum absolute atomic E-state index is 0.0230. The van der Waals surface area contributed by atoms with Crippen molar-refractivity contribution in [1.29, 1.82) is 0 Å². The smallest absolute Gasteiger partial charge is 0.275 e. The number of para-hydroxylation sites is 3. The van der Waals surface area contributed by atoms with E-state index in [1.807, 2.05) is 36.4 Å². The summed E-state index contributed by atoms with van der Waals surface area (Å²) in [4.78, 5) is 31.5. The van der Waals surface area contributed by atoms with Gasteiger partial charge in [0.2, 0.25) is 0 Å². The highest BCUT2D eigenvalue weighted by Crippen LogP contribution is 2.31. The molecule has 7 heteroatoms. The molecule has 1 aliphatic rings. The van der Waals surface area contributed by atoms with E-state index in [2.05, 4.69) is 15.3 Å². The molecular weight excluding hydrogens is 356 g/mol. The van der Waals surface area contributed by atoms with Crippen molar-refractivity contribution in [1.82, 2.24) is 0 Å². The third-order valence-electron chi connectivity index (χ3n) is 4.22. The number of hydrogen-bond acceptors (Lipinski definition) is 5. The molecule has 0 atom stereocenters. The van der Waals surface area contributed by atoms with Crippen molar-refractivity contribution < 1.29 is 9.72 Å². The van der Waals surface area contributed by atoms with Gasteiger partial charge in [-0.3, -0.25) is 19.9 Å². The zero-order valence-corrected chi connectivity index (χ0v) is 14.6. The van der Waals surface area contributed by atoms with Gasteiger partial charge >= 0.3 is 0 Å². The number of non-ortho nitro benzene ring substituents is 1. The van der Waals surface area contributed by atoms with Gasteiger partial charge in [-0.2, -0.15) is 0 Å². The zero-order chi connectivity index (χ0) is 19.5. The standard InChI is InChI=1S/C21H14N4O3/c26-21-20(16-5-1-2-6-17(16)24-21)23-19-8-4-3-7-18(19)22-13-14-9-11-15(12-10-14)25(27)28/h1-13H,(H,23,24,26). The van der Waals surface area contributed by atoms with Crippen molar-refractivity contribution in [2.24, 2.45) is 9.98 Å². The first-order chi connectivity index (χ1) is 13.6. The number of hydrogen-bond donors (Lipinski definition) is 1. The van der Waals surface area contributed by atoms with Crippen molar-refractivity contribution >= 4 is 40.6 Å². The van der Waals surface area contributed by atoms with E-state index in [-0.39, 0.29) is 11.6 Å². The second kappa shape index (κ2) is 7.24. The molecule has 3 aromatic rings. The van der Waals surface area contributed by atoms with Gasteiger partial charge in [-0.1, -0.05) is 30.3 Å². The van der Waals surface area contributed by atoms with Gasteiger partial charge in [0.1, 0.15) is 5.71 Å². The van der Waals surface area contributed by atoms with Gasteiger partial charge in [0.25, 0.3) is 11.6 Å². The van der Waals surface area contributed by atoms with E-state index in [1.165, 1.54) is 12.1 Å². The Bertz CT molecular complexity index is 1130. The molecule has 0 saturated heterocycles. The quantitative estimate of drug-likeness (QED) is 0.418. The molecule has 136 valence electrons. The molecule has 1 amide bonds. The minimum Gasteiger partial charge on any atom is -0.320 e. The van der Waals surface area contributed by atoms with Gasteiger partial charge in [-0.05, 0) is 35.9 Å². The average molecular weight is 370 g/mol. The van der Waals surface area contributed by atoms with Gasteiger partial charge in [-0.15, -0.1) is 0 Å². The van der Waals surface area contributed by atoms with Crippen LogP contribution in [0.2, 0.25) is 0 Å². The van der Waals surface area contributed by atoms with Crippen LogP contribution in [-0.4, -0.2) is 22.8 Å². The molecule has 1 N–H and O–H groups in total. The van der Waals surface area contributed by atoms with Crippen LogP contribution in [-0.2, 0) is 4.79 Å². The maximum absolute atomic E-state index is 12.3. The Morgan fingerprint density at radius 1 is 0.893 bits per heavy atom. The number of carbonyl (C=O) groups is 1. The van der Waals surface area contributed by atoms with Crippen LogP contribution in [0.5, 0.6) is 0 Å². The maximum Gasteiger partial charge on any atom is 0.275 e. The fraction of sp³-hybridized carbons (Fsp3) is 0. The minimum atomic E-state index is -0.448. The summed E-state index contributed by atoms with van der Waals surface area (Å²) in [6.07, 6.45) is 1.60. The lowest BCUT2D eigenvalue weighted by molar-refractivity contribution is -0.384. The molecule has 28 heavy (non-hydrogen) atoms. The maximum atomic E-state index is 12.3. The Balaban J connectivity index is 1.66. The van der Waals surface area contributed by atoms with E-state index in [9.17, 15) is 14.9 Å². The highest BCUT2D eigenvalue weighted by Gasteiger charge is 2.25. The Labute approximate surface area is 160 Å². The molecule has 0 radical (unpaired) electrons. The fourth-order valence-corrected chi connectivity index (χ4v) is 2.83. The number of carbonyl (C=O) groups excluding carboxylic acids is 1. The predicted octanol–water partition coefficient (Wildman–Crippen LogP) is 4.42. The molecule has 0 unspecified atom stereocenters. The molecule has 0 aliphatic carbocycles. The summed E-state index contributed by atoms with van der Waals surface area (Å²) in [5.41, 5.74) is 3.72. The van der Waals surface area contributed by atoms with Gasteiger partial charge < -0.3 is 5.32 Å². The first kappa shape index (κ1) is 17.3. The number of amides is 1. The molecule has 4 rings (SSSR count). The normalized spacial score (nSPS) is 14.3. The third kappa shape index (κ3) is 3.41. The largest absolute Gasteiger partial charge is 0.320 e. The van der Waals surface area contributed by atoms with Gasteiger partial charge in [0.05, 0.1) is 22.0 Å². The second-order valence-corrected chi connectivity index (χ2v) is 6.06. The molecule has 0 saturated carbocycles. The molecule has 0 bridgehead atoms. The first-order valence-corrected chi connectivity index (χ1v) is 8.49. The summed E-state index contributed by atoms with van der Waals surface area (Å²) in [5.74, 6) is -0.254. The summed E-state index contributed by atoms with van der Waals surface area (Å²) < 4.78 is 0. The van der Waals surface area contributed by atoms with Crippen LogP contribution in [0.3, 0.4) is 0 Å². The number of rotatable bonds is 4. The van der Waals surface area contributed by atoms with Gasteiger partial charge in [0, 0.05) is 23.9 Å². The Morgan fingerprint density at radius 3 is 2.32 bits per heavy atom. The molecule has 0 spiro atoms. The number of fused-ring (bicyclic) bond motifs is 1. The highest BCUT2D eigenvalue weighted by molar-refractivity contribution is 6.54. The number of nitro benzene ring substituents is 1. The molecule has 0 fully saturated rings. The van der Waals surface area contributed by atoms with Crippen molar-refractivity contribution in [3.8, 4) is 0 Å². The van der Waals surface area contributed by atoms with Crippen LogP contribution in [0.25, 0.3) is 0 Å². The van der Waals surface area contributed by atoms with E-state index >= 15 is 0 Å². The van der Waals surface area contributed by atoms with Crippen LogP contribution >= 0.6 is 0 Å². The van der Waals surface area contributed by atoms with Crippen LogP contribution in [0.4, 0.5) is 22.7 Å². The monoisotopic (exact) mass is 370 g/mol. The van der Waals surface area contributed by atoms with Crippen LogP contribution < -0.4 is 5.32 Å². The molecule has 3 aromatic carbocycles. The molecule has 1 aliphatic heterocycles. The molecule has 7 nitrogen and oxygen atoms in total. The summed E-state index contributed by atoms with van der Waals surface area (Å²) in [6, 6.07) is 20.7. The highest BCUT2D eigenvalue weighted by atomic mass is 16.6. The number of nitrogens with zero attached hydrogens (tertiary/aromatic N) is 3. The number of nitro groups is 1. The second-order valence-electron chi connectivity index (χ2n) is 6.06. The number of nitrogens with one attached hydrogen (secondary N) is 1. The van der Waals surface area contributed by atoms with Gasteiger partial charge in [-0.25, -0.2) is 4.99 Å². The topological polar surface area (TPSA) is 97.0 Å². The Morgan fingerprint density at radius 2 is 1.57 bits per heavy atom. The summed E-state index contributed by atoms with van der Waals surface area (Å²) in [6.45, 7) is 0. The van der Waals surface area contributed by atoms with E-state index in [1.54, 1.807) is 30.5 Å². The van der Waals surface area contributed by atoms with Crippen LogP contribution in [0.15, 0.2) is 82.8 Å². The average Bonchev–Trinajstić information content (AvgIpc) is 3.03. The Hall–Kier alpha value is -4.13. The van der Waals surface area contributed by atoms with E-state index in [0.29, 0.717) is 17.1 Å². The zero-order valence-electron chi connectivity index (χ0n) is 14.6. The summed E-state index contributed by atoms with van der Waals surface area (Å²) in [7, 11) is 0. The summed E-state index contributed by atoms with van der Waals surface area (Å²) >= 11 is 0. The van der Waals surface area contributed by atoms with Crippen molar-refractivity contribution in [3.05, 3.63) is 94.0 Å². The molecule has 1 heterocycles. The number of benzene rings is 3. The number of anilines is 1. The van der Waals surface area contributed by atoms with Crippen LogP contribution in [0.1, 0.15) is 11.1 Å². The van der Waals surface area contributed by atoms with E-state index in [4.69, 9.17) is 0 Å². The third-order valence-corrected chi connectivity index (χ3v) is 4.22. The number of aliphatic imine (C=N–C) groups is 2. The summed E-state index contributed by atoms with van der Waals surface area (Å²) in [5, 5.41) is 13.5. The van der Waals surface area contributed by atoms with E-state index < -0.39 is 4.92 Å². The first-order valence-electron chi connectivity index (χ1n) is 8.49.